The van der Waals surface area contributed by atoms with Crippen molar-refractivity contribution in [2.75, 3.05) is 7.11 Å². The number of methoxy groups -OCH3 is 1. The molecule has 0 aliphatic heterocycles. The van der Waals surface area contributed by atoms with Gasteiger partial charge in [-0.05, 0) is 66.7 Å². The first-order chi connectivity index (χ1) is 15.5. The van der Waals surface area contributed by atoms with Gasteiger partial charge in [0.15, 0.2) is 0 Å². The first kappa shape index (κ1) is 19.4. The molecule has 3 aromatic carbocycles. The minimum atomic E-state index is -0.581. The van der Waals surface area contributed by atoms with E-state index in [4.69, 9.17) is 9.26 Å². The van der Waals surface area contributed by atoms with Gasteiger partial charge in [-0.1, -0.05) is 5.16 Å². The highest BCUT2D eigenvalue weighted by atomic mass is 19.1. The standard InChI is InChI=1S/C23H15FN4O4/c1-31-17-9-7-16(8-10-17)28-22(29)18-11-4-14(12-19(18)25-23(28)30)21-26-20(27-32-21)13-2-5-15(24)6-3-13/h2-12H,1H3,(H,25,30). The molecule has 5 aromatic rings. The largest absolute Gasteiger partial charge is 0.497 e. The summed E-state index contributed by atoms with van der Waals surface area (Å²) in [6.45, 7) is 0. The van der Waals surface area contributed by atoms with Gasteiger partial charge in [0.25, 0.3) is 11.4 Å². The van der Waals surface area contributed by atoms with Gasteiger partial charge in [0.1, 0.15) is 11.6 Å². The van der Waals surface area contributed by atoms with E-state index in [1.165, 1.54) is 19.2 Å². The van der Waals surface area contributed by atoms with Crippen LogP contribution in [0.1, 0.15) is 0 Å². The molecule has 0 aliphatic rings. The van der Waals surface area contributed by atoms with E-state index < -0.39 is 11.2 Å². The van der Waals surface area contributed by atoms with E-state index in [0.29, 0.717) is 39.3 Å². The lowest BCUT2D eigenvalue weighted by Gasteiger charge is -2.08. The Morgan fingerprint density at radius 1 is 0.969 bits per heavy atom. The van der Waals surface area contributed by atoms with Crippen molar-refractivity contribution in [3.05, 3.63) is 93.4 Å². The number of hydrogen-bond donors (Lipinski definition) is 1. The first-order valence-electron chi connectivity index (χ1n) is 9.57. The molecule has 0 unspecified atom stereocenters. The van der Waals surface area contributed by atoms with Crippen LogP contribution in [0.2, 0.25) is 0 Å². The summed E-state index contributed by atoms with van der Waals surface area (Å²) in [5.74, 6) is 0.745. The molecule has 0 saturated carbocycles. The molecule has 2 aromatic heterocycles. The van der Waals surface area contributed by atoms with Gasteiger partial charge in [0.05, 0.1) is 23.7 Å². The van der Waals surface area contributed by atoms with E-state index in [0.717, 1.165) is 4.57 Å². The van der Waals surface area contributed by atoms with Crippen molar-refractivity contribution < 1.29 is 13.7 Å². The van der Waals surface area contributed by atoms with Gasteiger partial charge >= 0.3 is 5.69 Å². The quantitative estimate of drug-likeness (QED) is 0.468. The summed E-state index contributed by atoms with van der Waals surface area (Å²) in [6.07, 6.45) is 0. The second-order valence-electron chi connectivity index (χ2n) is 6.96. The molecular weight excluding hydrogens is 415 g/mol. The number of rotatable bonds is 4. The summed E-state index contributed by atoms with van der Waals surface area (Å²) in [6, 6.07) is 17.1. The average molecular weight is 430 g/mol. The molecule has 2 heterocycles. The Balaban J connectivity index is 1.56. The minimum Gasteiger partial charge on any atom is -0.497 e. The van der Waals surface area contributed by atoms with Crippen molar-refractivity contribution in [3.63, 3.8) is 0 Å². The lowest BCUT2D eigenvalue weighted by atomic mass is 10.1. The highest BCUT2D eigenvalue weighted by Crippen LogP contribution is 2.24. The Morgan fingerprint density at radius 3 is 2.41 bits per heavy atom. The van der Waals surface area contributed by atoms with Gasteiger partial charge in [0.2, 0.25) is 5.82 Å². The molecule has 0 fully saturated rings. The minimum absolute atomic E-state index is 0.200. The Morgan fingerprint density at radius 2 is 1.69 bits per heavy atom. The molecule has 32 heavy (non-hydrogen) atoms. The molecule has 5 rings (SSSR count). The Labute approximate surface area is 179 Å². The van der Waals surface area contributed by atoms with Crippen LogP contribution in [-0.2, 0) is 0 Å². The number of ether oxygens (including phenoxy) is 1. The highest BCUT2D eigenvalue weighted by Gasteiger charge is 2.14. The smallest absolute Gasteiger partial charge is 0.333 e. The molecule has 0 spiro atoms. The predicted octanol–water partition coefficient (Wildman–Crippen LogP) is 3.54. The summed E-state index contributed by atoms with van der Waals surface area (Å²) in [7, 11) is 1.54. The van der Waals surface area contributed by atoms with Crippen molar-refractivity contribution in [2.45, 2.75) is 0 Å². The fraction of sp³-hybridized carbons (Fsp3) is 0.0435. The van der Waals surface area contributed by atoms with Crippen LogP contribution in [-0.4, -0.2) is 26.8 Å². The summed E-state index contributed by atoms with van der Waals surface area (Å²) in [4.78, 5) is 32.7. The van der Waals surface area contributed by atoms with Gasteiger partial charge in [-0.2, -0.15) is 4.98 Å². The van der Waals surface area contributed by atoms with Crippen molar-refractivity contribution in [1.29, 1.82) is 0 Å². The number of aromatic nitrogens is 4. The van der Waals surface area contributed by atoms with E-state index >= 15 is 0 Å². The molecular formula is C23H15FN4O4. The van der Waals surface area contributed by atoms with Crippen molar-refractivity contribution in [2.24, 2.45) is 0 Å². The van der Waals surface area contributed by atoms with Crippen LogP contribution >= 0.6 is 0 Å². The summed E-state index contributed by atoms with van der Waals surface area (Å²) in [5, 5.41) is 4.24. The van der Waals surface area contributed by atoms with E-state index in [1.54, 1.807) is 54.6 Å². The average Bonchev–Trinajstić information content (AvgIpc) is 3.30. The lowest BCUT2D eigenvalue weighted by molar-refractivity contribution is 0.414. The van der Waals surface area contributed by atoms with Gasteiger partial charge < -0.3 is 14.2 Å². The van der Waals surface area contributed by atoms with Crippen LogP contribution in [0.3, 0.4) is 0 Å². The number of benzene rings is 3. The van der Waals surface area contributed by atoms with Crippen molar-refractivity contribution >= 4 is 10.9 Å². The molecule has 158 valence electrons. The number of hydrogen-bond acceptors (Lipinski definition) is 6. The summed E-state index contributed by atoms with van der Waals surface area (Å²) in [5.41, 5.74) is 0.835. The Bertz CT molecular complexity index is 1550. The van der Waals surface area contributed by atoms with E-state index in [1.807, 2.05) is 0 Å². The number of fused-ring (bicyclic) bond motifs is 1. The third-order valence-corrected chi connectivity index (χ3v) is 5.00. The molecule has 8 nitrogen and oxygen atoms in total. The number of halogens is 1. The van der Waals surface area contributed by atoms with Crippen LogP contribution in [0.15, 0.2) is 80.8 Å². The zero-order valence-corrected chi connectivity index (χ0v) is 16.7. The predicted molar refractivity (Wildman–Crippen MR) is 115 cm³/mol. The normalized spacial score (nSPS) is 11.1. The number of aromatic amines is 1. The third kappa shape index (κ3) is 3.35. The molecule has 1 N–H and O–H groups in total. The molecule has 0 radical (unpaired) electrons. The highest BCUT2D eigenvalue weighted by molar-refractivity contribution is 5.82. The van der Waals surface area contributed by atoms with Crippen LogP contribution in [0.5, 0.6) is 5.75 Å². The molecule has 9 heteroatoms. The first-order valence-corrected chi connectivity index (χ1v) is 9.57. The Kier molecular flexibility index (Phi) is 4.63. The van der Waals surface area contributed by atoms with Crippen LogP contribution in [0, 0.1) is 5.82 Å². The molecule has 0 bridgehead atoms. The molecule has 0 aliphatic carbocycles. The molecule has 0 amide bonds. The van der Waals surface area contributed by atoms with Gasteiger partial charge in [-0.15, -0.1) is 0 Å². The van der Waals surface area contributed by atoms with E-state index in [2.05, 4.69) is 15.1 Å². The zero-order chi connectivity index (χ0) is 22.2. The van der Waals surface area contributed by atoms with Crippen LogP contribution in [0.4, 0.5) is 4.39 Å². The van der Waals surface area contributed by atoms with Crippen LogP contribution in [0.25, 0.3) is 39.4 Å². The van der Waals surface area contributed by atoms with Gasteiger partial charge in [-0.25, -0.2) is 13.8 Å². The zero-order valence-electron chi connectivity index (χ0n) is 16.7. The maximum Gasteiger partial charge on any atom is 0.333 e. The van der Waals surface area contributed by atoms with Crippen LogP contribution < -0.4 is 16.0 Å². The summed E-state index contributed by atoms with van der Waals surface area (Å²) >= 11 is 0. The second-order valence-corrected chi connectivity index (χ2v) is 6.96. The van der Waals surface area contributed by atoms with E-state index in [9.17, 15) is 14.0 Å². The fourth-order valence-electron chi connectivity index (χ4n) is 3.37. The molecule has 0 saturated heterocycles. The van der Waals surface area contributed by atoms with Crippen molar-refractivity contribution in [1.82, 2.24) is 19.7 Å². The van der Waals surface area contributed by atoms with Gasteiger partial charge in [0, 0.05) is 11.1 Å². The number of nitrogens with zero attached hydrogens (tertiary/aromatic N) is 3. The van der Waals surface area contributed by atoms with Crippen molar-refractivity contribution in [3.8, 4) is 34.3 Å². The monoisotopic (exact) mass is 430 g/mol. The fourth-order valence-corrected chi connectivity index (χ4v) is 3.37. The second kappa shape index (κ2) is 7.62. The number of nitrogens with one attached hydrogen (secondary N) is 1. The number of H-pyrrole nitrogens is 1. The summed E-state index contributed by atoms with van der Waals surface area (Å²) < 4.78 is 24.6. The SMILES string of the molecule is COc1ccc(-n2c(=O)[nH]c3cc(-c4nc(-c5ccc(F)cc5)no4)ccc3c2=O)cc1. The molecule has 0 atom stereocenters. The topological polar surface area (TPSA) is 103 Å². The maximum atomic E-state index is 13.1. The maximum absolute atomic E-state index is 13.1. The lowest BCUT2D eigenvalue weighted by Crippen LogP contribution is -2.33. The Hall–Kier alpha value is -4.53. The third-order valence-electron chi connectivity index (χ3n) is 5.00. The van der Waals surface area contributed by atoms with Gasteiger partial charge in [-0.3, -0.25) is 4.79 Å². The van der Waals surface area contributed by atoms with E-state index in [-0.39, 0.29) is 11.7 Å².